The van der Waals surface area contributed by atoms with Crippen LogP contribution in [0.4, 0.5) is 0 Å². The van der Waals surface area contributed by atoms with Gasteiger partial charge >= 0.3 is 0 Å². The Labute approximate surface area is 111 Å². The highest BCUT2D eigenvalue weighted by Gasteiger charge is 2.45. The van der Waals surface area contributed by atoms with Gasteiger partial charge < -0.3 is 15.2 Å². The second kappa shape index (κ2) is 4.99. The molecule has 2 N–H and O–H groups in total. The molecule has 18 heavy (non-hydrogen) atoms. The van der Waals surface area contributed by atoms with Gasteiger partial charge in [0.1, 0.15) is 5.41 Å². The first-order valence-electron chi connectivity index (χ1n) is 6.01. The van der Waals surface area contributed by atoms with E-state index in [1.165, 1.54) is 4.88 Å². The summed E-state index contributed by atoms with van der Waals surface area (Å²) in [4.78, 5) is 13.3. The van der Waals surface area contributed by atoms with Crippen molar-refractivity contribution in [3.05, 3.63) is 22.4 Å². The molecule has 0 aliphatic carbocycles. The van der Waals surface area contributed by atoms with Gasteiger partial charge in [-0.3, -0.25) is 4.79 Å². The Morgan fingerprint density at radius 1 is 1.61 bits per heavy atom. The summed E-state index contributed by atoms with van der Waals surface area (Å²) in [6.07, 6.45) is 0. The Kier molecular flexibility index (Phi) is 3.75. The smallest absolute Gasteiger partial charge is 0.233 e. The quantitative estimate of drug-likeness (QED) is 0.843. The Bertz CT molecular complexity index is 404. The molecule has 2 heterocycles. The topological polar surface area (TPSA) is 58.6 Å². The molecule has 5 heteroatoms. The first-order chi connectivity index (χ1) is 8.50. The van der Waals surface area contributed by atoms with Gasteiger partial charge in [0.15, 0.2) is 0 Å². The maximum Gasteiger partial charge on any atom is 0.233 e. The molecule has 0 aromatic carbocycles. The van der Waals surface area contributed by atoms with Gasteiger partial charge in [0, 0.05) is 16.8 Å². The van der Waals surface area contributed by atoms with Gasteiger partial charge in [-0.15, -0.1) is 11.3 Å². The lowest BCUT2D eigenvalue weighted by Crippen LogP contribution is -2.57. The molecule has 0 atom stereocenters. The molecule has 0 unspecified atom stereocenters. The first kappa shape index (κ1) is 13.5. The van der Waals surface area contributed by atoms with E-state index in [2.05, 4.69) is 25.2 Å². The van der Waals surface area contributed by atoms with Crippen molar-refractivity contribution in [2.75, 3.05) is 26.4 Å². The lowest BCUT2D eigenvalue weighted by molar-refractivity contribution is -0.170. The molecule has 0 spiro atoms. The highest BCUT2D eigenvalue weighted by atomic mass is 32.1. The molecule has 1 aromatic heterocycles. The predicted molar refractivity (Wildman–Crippen MR) is 70.7 cm³/mol. The molecule has 100 valence electrons. The van der Waals surface area contributed by atoms with Crippen LogP contribution < -0.4 is 5.32 Å². The Balaban J connectivity index is 1.93. The highest BCUT2D eigenvalue weighted by molar-refractivity contribution is 7.10. The van der Waals surface area contributed by atoms with Crippen molar-refractivity contribution < 1.29 is 14.6 Å². The van der Waals surface area contributed by atoms with Gasteiger partial charge in [0.25, 0.3) is 0 Å². The van der Waals surface area contributed by atoms with Crippen molar-refractivity contribution in [1.82, 2.24) is 5.32 Å². The first-order valence-corrected chi connectivity index (χ1v) is 6.89. The van der Waals surface area contributed by atoms with Crippen molar-refractivity contribution in [3.8, 4) is 0 Å². The van der Waals surface area contributed by atoms with E-state index in [1.54, 1.807) is 11.3 Å². The molecule has 0 radical (unpaired) electrons. The van der Waals surface area contributed by atoms with Gasteiger partial charge in [0.05, 0.1) is 19.8 Å². The van der Waals surface area contributed by atoms with Crippen LogP contribution in [-0.4, -0.2) is 37.4 Å². The Morgan fingerprint density at radius 3 is 2.78 bits per heavy atom. The summed E-state index contributed by atoms with van der Waals surface area (Å²) in [7, 11) is 0. The van der Waals surface area contributed by atoms with Crippen LogP contribution in [0.15, 0.2) is 17.5 Å². The van der Waals surface area contributed by atoms with Crippen LogP contribution in [0.1, 0.15) is 18.7 Å². The number of aliphatic hydroxyl groups is 1. The van der Waals surface area contributed by atoms with Gasteiger partial charge in [-0.05, 0) is 11.4 Å². The third-order valence-electron chi connectivity index (χ3n) is 3.42. The minimum atomic E-state index is -0.717. The summed E-state index contributed by atoms with van der Waals surface area (Å²) in [5.74, 6) is -0.110. The summed E-state index contributed by atoms with van der Waals surface area (Å²) in [6.45, 7) is 5.24. The third kappa shape index (κ3) is 2.43. The monoisotopic (exact) mass is 269 g/mol. The van der Waals surface area contributed by atoms with E-state index in [0.29, 0.717) is 19.8 Å². The number of hydrogen-bond donors (Lipinski definition) is 2. The fourth-order valence-electron chi connectivity index (χ4n) is 1.88. The third-order valence-corrected chi connectivity index (χ3v) is 4.66. The number of aliphatic hydroxyl groups excluding tert-OH is 1. The number of amides is 1. The lowest BCUT2D eigenvalue weighted by atomic mass is 9.85. The molecule has 1 aliphatic heterocycles. The zero-order valence-electron chi connectivity index (χ0n) is 10.7. The molecule has 2 rings (SSSR count). The zero-order valence-corrected chi connectivity index (χ0v) is 11.5. The number of thiophene rings is 1. The maximum absolute atomic E-state index is 12.0. The molecular formula is C13H19NO3S. The molecule has 4 nitrogen and oxygen atoms in total. The van der Waals surface area contributed by atoms with Gasteiger partial charge in [-0.2, -0.15) is 0 Å². The van der Waals surface area contributed by atoms with Crippen LogP contribution in [-0.2, 0) is 14.9 Å². The molecule has 0 saturated carbocycles. The van der Waals surface area contributed by atoms with Crippen LogP contribution in [0.5, 0.6) is 0 Å². The average molecular weight is 269 g/mol. The molecule has 1 amide bonds. The molecular weight excluding hydrogens is 250 g/mol. The number of rotatable bonds is 5. The summed E-state index contributed by atoms with van der Waals surface area (Å²) in [6, 6.07) is 4.09. The van der Waals surface area contributed by atoms with Crippen LogP contribution in [0.25, 0.3) is 0 Å². The van der Waals surface area contributed by atoms with Gasteiger partial charge in [-0.1, -0.05) is 19.9 Å². The van der Waals surface area contributed by atoms with Crippen LogP contribution >= 0.6 is 11.3 Å². The summed E-state index contributed by atoms with van der Waals surface area (Å²) < 4.78 is 5.04. The number of nitrogens with one attached hydrogen (secondary N) is 1. The average Bonchev–Trinajstić information content (AvgIpc) is 2.80. The summed E-state index contributed by atoms with van der Waals surface area (Å²) in [5.41, 5.74) is -0.809. The van der Waals surface area contributed by atoms with E-state index < -0.39 is 5.41 Å². The zero-order chi connectivity index (χ0) is 13.2. The summed E-state index contributed by atoms with van der Waals surface area (Å²) in [5, 5.41) is 14.2. The Hall–Kier alpha value is -0.910. The molecule has 1 fully saturated rings. The van der Waals surface area contributed by atoms with E-state index in [4.69, 9.17) is 4.74 Å². The summed E-state index contributed by atoms with van der Waals surface area (Å²) >= 11 is 1.69. The van der Waals surface area contributed by atoms with Gasteiger partial charge in [-0.25, -0.2) is 0 Å². The standard InChI is InChI=1S/C13H19NO3S/c1-12(2,10-4-3-5-18-10)6-14-11(16)13(7-15)8-17-9-13/h3-5,15H,6-9H2,1-2H3,(H,14,16). The second-order valence-corrected chi connectivity index (χ2v) is 6.42. The van der Waals surface area contributed by atoms with Gasteiger partial charge in [0.2, 0.25) is 5.91 Å². The minimum absolute atomic E-state index is 0.0922. The number of carbonyl (C=O) groups excluding carboxylic acids is 1. The molecule has 1 aromatic rings. The van der Waals surface area contributed by atoms with Crippen molar-refractivity contribution in [1.29, 1.82) is 0 Å². The van der Waals surface area contributed by atoms with Crippen molar-refractivity contribution in [3.63, 3.8) is 0 Å². The fourth-order valence-corrected chi connectivity index (χ4v) is 2.73. The van der Waals surface area contributed by atoms with Crippen molar-refractivity contribution in [2.24, 2.45) is 5.41 Å². The SMILES string of the molecule is CC(C)(CNC(=O)C1(CO)COC1)c1cccs1. The van der Waals surface area contributed by atoms with Crippen LogP contribution in [0.3, 0.4) is 0 Å². The van der Waals surface area contributed by atoms with E-state index in [1.807, 2.05) is 11.4 Å². The predicted octanol–water partition coefficient (Wildman–Crippen LogP) is 1.15. The van der Waals surface area contributed by atoms with Crippen LogP contribution in [0, 0.1) is 5.41 Å². The van der Waals surface area contributed by atoms with Crippen molar-refractivity contribution >= 4 is 17.2 Å². The second-order valence-electron chi connectivity index (χ2n) is 5.48. The molecule has 1 aliphatic rings. The minimum Gasteiger partial charge on any atom is -0.395 e. The van der Waals surface area contributed by atoms with E-state index in [0.717, 1.165) is 0 Å². The Morgan fingerprint density at radius 2 is 2.33 bits per heavy atom. The van der Waals surface area contributed by atoms with E-state index in [9.17, 15) is 9.90 Å². The number of ether oxygens (including phenoxy) is 1. The van der Waals surface area contributed by atoms with E-state index in [-0.39, 0.29) is 17.9 Å². The van der Waals surface area contributed by atoms with E-state index >= 15 is 0 Å². The largest absolute Gasteiger partial charge is 0.395 e. The molecule has 1 saturated heterocycles. The normalized spacial score (nSPS) is 18.2. The molecule has 0 bridgehead atoms. The van der Waals surface area contributed by atoms with Crippen LogP contribution in [0.2, 0.25) is 0 Å². The van der Waals surface area contributed by atoms with Crippen molar-refractivity contribution in [2.45, 2.75) is 19.3 Å². The number of carbonyl (C=O) groups is 1. The fraction of sp³-hybridized carbons (Fsp3) is 0.615. The maximum atomic E-state index is 12.0. The number of hydrogen-bond acceptors (Lipinski definition) is 4. The lowest BCUT2D eigenvalue weighted by Gasteiger charge is -2.38. The highest BCUT2D eigenvalue weighted by Crippen LogP contribution is 2.29.